The molecule has 168 valence electrons. The lowest BCUT2D eigenvalue weighted by molar-refractivity contribution is -0.140. The number of benzene rings is 2. The second-order valence-corrected chi connectivity index (χ2v) is 7.98. The monoisotopic (exact) mass is 426 g/mol. The molecule has 0 aliphatic rings. The Kier molecular flexibility index (Phi) is 8.91. The molecule has 0 saturated carbocycles. The number of hydrogen-bond donors (Lipinski definition) is 1. The number of methoxy groups -OCH3 is 2. The lowest BCUT2D eigenvalue weighted by atomic mass is 10.0. The normalized spacial score (nSPS) is 11.7. The zero-order valence-corrected chi connectivity index (χ0v) is 19.4. The van der Waals surface area contributed by atoms with Crippen molar-refractivity contribution >= 4 is 11.8 Å². The predicted molar refractivity (Wildman–Crippen MR) is 122 cm³/mol. The summed E-state index contributed by atoms with van der Waals surface area (Å²) in [5.41, 5.74) is 3.10. The average Bonchev–Trinajstić information content (AvgIpc) is 2.75. The lowest BCUT2D eigenvalue weighted by Crippen LogP contribution is -2.49. The number of aryl methyl sites for hydroxylation is 2. The van der Waals surface area contributed by atoms with E-state index in [0.717, 1.165) is 16.7 Å². The van der Waals surface area contributed by atoms with Gasteiger partial charge in [-0.05, 0) is 62.9 Å². The van der Waals surface area contributed by atoms with E-state index < -0.39 is 6.04 Å². The first-order valence-corrected chi connectivity index (χ1v) is 10.6. The van der Waals surface area contributed by atoms with Crippen LogP contribution in [0.3, 0.4) is 0 Å². The fourth-order valence-corrected chi connectivity index (χ4v) is 3.39. The number of rotatable bonds is 10. The van der Waals surface area contributed by atoms with Crippen molar-refractivity contribution in [2.75, 3.05) is 14.2 Å². The van der Waals surface area contributed by atoms with E-state index in [2.05, 4.69) is 5.32 Å². The molecular weight excluding hydrogens is 392 g/mol. The van der Waals surface area contributed by atoms with Crippen molar-refractivity contribution in [2.24, 2.45) is 0 Å². The van der Waals surface area contributed by atoms with E-state index >= 15 is 0 Å². The zero-order valence-electron chi connectivity index (χ0n) is 19.4. The molecular formula is C25H34N2O4. The molecule has 0 fully saturated rings. The van der Waals surface area contributed by atoms with Gasteiger partial charge in [-0.3, -0.25) is 9.59 Å². The quantitative estimate of drug-likeness (QED) is 0.626. The molecule has 1 N–H and O–H groups in total. The van der Waals surface area contributed by atoms with E-state index in [9.17, 15) is 9.59 Å². The molecule has 31 heavy (non-hydrogen) atoms. The Bertz CT molecular complexity index is 895. The number of carbonyl (C=O) groups excluding carboxylic acids is 2. The number of hydrogen-bond acceptors (Lipinski definition) is 4. The number of ether oxygens (including phenoxy) is 2. The fraction of sp³-hybridized carbons (Fsp3) is 0.440. The second kappa shape index (κ2) is 11.4. The van der Waals surface area contributed by atoms with Crippen LogP contribution in [0.4, 0.5) is 0 Å². The van der Waals surface area contributed by atoms with Crippen molar-refractivity contribution in [2.45, 2.75) is 59.2 Å². The Labute approximate surface area is 185 Å². The molecule has 0 radical (unpaired) electrons. The van der Waals surface area contributed by atoms with Crippen molar-refractivity contribution < 1.29 is 19.1 Å². The molecule has 2 aromatic carbocycles. The van der Waals surface area contributed by atoms with E-state index in [1.54, 1.807) is 26.0 Å². The molecule has 2 aromatic rings. The van der Waals surface area contributed by atoms with E-state index in [1.165, 1.54) is 0 Å². The first-order chi connectivity index (χ1) is 14.8. The van der Waals surface area contributed by atoms with Crippen LogP contribution in [0, 0.1) is 6.92 Å². The van der Waals surface area contributed by atoms with Gasteiger partial charge in [0.05, 0.1) is 14.2 Å². The molecule has 0 spiro atoms. The van der Waals surface area contributed by atoms with E-state index in [1.807, 2.05) is 63.2 Å². The molecule has 0 aliphatic carbocycles. The Morgan fingerprint density at radius 2 is 1.68 bits per heavy atom. The van der Waals surface area contributed by atoms with Gasteiger partial charge in [0.25, 0.3) is 0 Å². The van der Waals surface area contributed by atoms with Gasteiger partial charge in [0.15, 0.2) is 11.5 Å². The summed E-state index contributed by atoms with van der Waals surface area (Å²) in [6.07, 6.45) is 0.836. The van der Waals surface area contributed by atoms with Crippen molar-refractivity contribution in [1.82, 2.24) is 10.2 Å². The van der Waals surface area contributed by atoms with Crippen LogP contribution in [0.15, 0.2) is 42.5 Å². The van der Waals surface area contributed by atoms with Gasteiger partial charge in [-0.2, -0.15) is 0 Å². The molecule has 0 aromatic heterocycles. The molecule has 1 unspecified atom stereocenters. The predicted octanol–water partition coefficient (Wildman–Crippen LogP) is 3.89. The van der Waals surface area contributed by atoms with E-state index in [0.29, 0.717) is 30.9 Å². The highest BCUT2D eigenvalue weighted by Crippen LogP contribution is 2.28. The summed E-state index contributed by atoms with van der Waals surface area (Å²) in [5.74, 6) is 1.07. The first-order valence-electron chi connectivity index (χ1n) is 10.6. The molecule has 6 heteroatoms. The minimum Gasteiger partial charge on any atom is -0.493 e. The summed E-state index contributed by atoms with van der Waals surface area (Å²) < 4.78 is 10.6. The Balaban J connectivity index is 2.19. The number of nitrogens with zero attached hydrogens (tertiary/aromatic N) is 1. The SMILES string of the molecule is COc1ccc(CCC(=O)N(Cc2ccccc2C)C(C)C(=O)NC(C)C)cc1OC. The molecule has 0 saturated heterocycles. The highest BCUT2D eigenvalue weighted by atomic mass is 16.5. The van der Waals surface area contributed by atoms with Crippen LogP contribution in [0.25, 0.3) is 0 Å². The highest BCUT2D eigenvalue weighted by molar-refractivity contribution is 5.87. The van der Waals surface area contributed by atoms with Crippen molar-refractivity contribution in [3.05, 3.63) is 59.2 Å². The van der Waals surface area contributed by atoms with Crippen LogP contribution >= 0.6 is 0 Å². The first kappa shape index (κ1) is 24.3. The molecule has 2 rings (SSSR count). The second-order valence-electron chi connectivity index (χ2n) is 7.98. The van der Waals surface area contributed by atoms with Crippen LogP contribution < -0.4 is 14.8 Å². The minimum atomic E-state index is -0.570. The third-order valence-corrected chi connectivity index (χ3v) is 5.28. The summed E-state index contributed by atoms with van der Waals surface area (Å²) >= 11 is 0. The van der Waals surface area contributed by atoms with Gasteiger partial charge in [0, 0.05) is 19.0 Å². The maximum atomic E-state index is 13.2. The van der Waals surface area contributed by atoms with Crippen LogP contribution in [0.2, 0.25) is 0 Å². The summed E-state index contributed by atoms with van der Waals surface area (Å²) in [7, 11) is 3.18. The number of amides is 2. The van der Waals surface area contributed by atoms with Gasteiger partial charge < -0.3 is 19.7 Å². The molecule has 1 atom stereocenters. The fourth-order valence-electron chi connectivity index (χ4n) is 3.39. The average molecular weight is 427 g/mol. The van der Waals surface area contributed by atoms with Gasteiger partial charge in [-0.15, -0.1) is 0 Å². The number of nitrogens with one attached hydrogen (secondary N) is 1. The number of carbonyl (C=O) groups is 2. The third-order valence-electron chi connectivity index (χ3n) is 5.28. The Hall–Kier alpha value is -3.02. The topological polar surface area (TPSA) is 67.9 Å². The largest absolute Gasteiger partial charge is 0.493 e. The minimum absolute atomic E-state index is 0.0112. The third kappa shape index (κ3) is 6.74. The van der Waals surface area contributed by atoms with Gasteiger partial charge in [-0.1, -0.05) is 30.3 Å². The summed E-state index contributed by atoms with van der Waals surface area (Å²) in [6, 6.07) is 13.0. The maximum absolute atomic E-state index is 13.2. The van der Waals surface area contributed by atoms with Gasteiger partial charge in [-0.25, -0.2) is 0 Å². The van der Waals surface area contributed by atoms with Crippen LogP contribution in [0.5, 0.6) is 11.5 Å². The van der Waals surface area contributed by atoms with Gasteiger partial charge >= 0.3 is 0 Å². The van der Waals surface area contributed by atoms with E-state index in [4.69, 9.17) is 9.47 Å². The van der Waals surface area contributed by atoms with Crippen molar-refractivity contribution in [3.8, 4) is 11.5 Å². The molecule has 0 heterocycles. The molecule has 2 amide bonds. The maximum Gasteiger partial charge on any atom is 0.242 e. The van der Waals surface area contributed by atoms with E-state index in [-0.39, 0.29) is 17.9 Å². The van der Waals surface area contributed by atoms with Gasteiger partial charge in [0.2, 0.25) is 11.8 Å². The highest BCUT2D eigenvalue weighted by Gasteiger charge is 2.26. The van der Waals surface area contributed by atoms with Crippen LogP contribution in [0.1, 0.15) is 43.9 Å². The van der Waals surface area contributed by atoms with Crippen molar-refractivity contribution in [1.29, 1.82) is 0 Å². The smallest absolute Gasteiger partial charge is 0.242 e. The summed E-state index contributed by atoms with van der Waals surface area (Å²) in [4.78, 5) is 27.6. The standard InChI is InChI=1S/C25H34N2O4/c1-17(2)26-25(29)19(4)27(16-21-10-8-7-9-18(21)3)24(28)14-12-20-11-13-22(30-5)23(15-20)31-6/h7-11,13,15,17,19H,12,14,16H2,1-6H3,(H,26,29). The zero-order chi connectivity index (χ0) is 23.0. The van der Waals surface area contributed by atoms with Crippen LogP contribution in [-0.4, -0.2) is 43.0 Å². The molecule has 0 bridgehead atoms. The lowest BCUT2D eigenvalue weighted by Gasteiger charge is -2.30. The molecule has 6 nitrogen and oxygen atoms in total. The van der Waals surface area contributed by atoms with Crippen LogP contribution in [-0.2, 0) is 22.6 Å². The van der Waals surface area contributed by atoms with Gasteiger partial charge in [0.1, 0.15) is 6.04 Å². The Morgan fingerprint density at radius 1 is 1.00 bits per heavy atom. The van der Waals surface area contributed by atoms with Crippen molar-refractivity contribution in [3.63, 3.8) is 0 Å². The summed E-state index contributed by atoms with van der Waals surface area (Å²) in [6.45, 7) is 8.01. The Morgan fingerprint density at radius 3 is 2.29 bits per heavy atom. The molecule has 0 aliphatic heterocycles. The summed E-state index contributed by atoms with van der Waals surface area (Å²) in [5, 5.41) is 2.92.